The number of rotatable bonds is 10. The molecular formula is C13H26N2O2. The molecule has 100 valence electrons. The fourth-order valence-electron chi connectivity index (χ4n) is 1.54. The van der Waals surface area contributed by atoms with Crippen molar-refractivity contribution in [1.82, 2.24) is 10.6 Å². The van der Waals surface area contributed by atoms with Gasteiger partial charge in [0.1, 0.15) is 0 Å². The van der Waals surface area contributed by atoms with Gasteiger partial charge in [0, 0.05) is 26.4 Å². The van der Waals surface area contributed by atoms with Gasteiger partial charge in [0.25, 0.3) is 0 Å². The summed E-state index contributed by atoms with van der Waals surface area (Å²) in [6.07, 6.45) is 6.87. The lowest BCUT2D eigenvalue weighted by atomic mass is 10.2. The van der Waals surface area contributed by atoms with Crippen LogP contribution in [0.25, 0.3) is 0 Å². The van der Waals surface area contributed by atoms with Gasteiger partial charge in [0.15, 0.2) is 0 Å². The van der Waals surface area contributed by atoms with Crippen molar-refractivity contribution < 1.29 is 9.59 Å². The highest BCUT2D eigenvalue weighted by molar-refractivity contribution is 5.75. The van der Waals surface area contributed by atoms with Crippen LogP contribution in [-0.2, 0) is 9.59 Å². The van der Waals surface area contributed by atoms with E-state index in [4.69, 9.17) is 0 Å². The van der Waals surface area contributed by atoms with Crippen molar-refractivity contribution in [3.63, 3.8) is 0 Å². The molecule has 0 aromatic carbocycles. The highest BCUT2D eigenvalue weighted by Crippen LogP contribution is 1.99. The first-order valence-corrected chi connectivity index (χ1v) is 6.68. The summed E-state index contributed by atoms with van der Waals surface area (Å²) in [5, 5.41) is 5.66. The second-order valence-electron chi connectivity index (χ2n) is 4.35. The third-order valence-corrected chi connectivity index (χ3v) is 2.56. The maximum atomic E-state index is 11.4. The van der Waals surface area contributed by atoms with Gasteiger partial charge < -0.3 is 10.6 Å². The molecule has 0 unspecified atom stereocenters. The van der Waals surface area contributed by atoms with E-state index in [1.54, 1.807) is 0 Å². The van der Waals surface area contributed by atoms with Gasteiger partial charge >= 0.3 is 0 Å². The summed E-state index contributed by atoms with van der Waals surface area (Å²) in [4.78, 5) is 21.9. The summed E-state index contributed by atoms with van der Waals surface area (Å²) < 4.78 is 0. The Bertz CT molecular complexity index is 217. The Morgan fingerprint density at radius 1 is 0.882 bits per heavy atom. The van der Waals surface area contributed by atoms with Crippen molar-refractivity contribution in [2.45, 2.75) is 58.8 Å². The summed E-state index contributed by atoms with van der Waals surface area (Å²) in [7, 11) is 0. The van der Waals surface area contributed by atoms with Gasteiger partial charge in [-0.05, 0) is 19.3 Å². The quantitative estimate of drug-likeness (QED) is 0.576. The molecule has 0 fully saturated rings. The zero-order valence-electron chi connectivity index (χ0n) is 11.2. The number of hydrogen-bond donors (Lipinski definition) is 2. The van der Waals surface area contributed by atoms with Crippen LogP contribution in [0.15, 0.2) is 0 Å². The Morgan fingerprint density at radius 3 is 2.18 bits per heavy atom. The second-order valence-corrected chi connectivity index (χ2v) is 4.35. The molecule has 0 aliphatic carbocycles. The highest BCUT2D eigenvalue weighted by atomic mass is 16.2. The number of hydrogen-bond acceptors (Lipinski definition) is 2. The fourth-order valence-corrected chi connectivity index (χ4v) is 1.54. The van der Waals surface area contributed by atoms with E-state index in [9.17, 15) is 9.59 Å². The first-order valence-electron chi connectivity index (χ1n) is 6.68. The monoisotopic (exact) mass is 242 g/mol. The SMILES string of the molecule is CCCCCNC(=O)CCCCCNC(C)=O. The lowest BCUT2D eigenvalue weighted by Crippen LogP contribution is -2.24. The average molecular weight is 242 g/mol. The van der Waals surface area contributed by atoms with Crippen LogP contribution in [0.1, 0.15) is 58.8 Å². The molecule has 0 aromatic heterocycles. The molecule has 0 aromatic rings. The fraction of sp³-hybridized carbons (Fsp3) is 0.846. The van der Waals surface area contributed by atoms with Gasteiger partial charge in [-0.1, -0.05) is 26.2 Å². The zero-order chi connectivity index (χ0) is 12.9. The van der Waals surface area contributed by atoms with Gasteiger partial charge in [-0.15, -0.1) is 0 Å². The smallest absolute Gasteiger partial charge is 0.219 e. The largest absolute Gasteiger partial charge is 0.356 e. The van der Waals surface area contributed by atoms with Crippen molar-refractivity contribution in [2.75, 3.05) is 13.1 Å². The Morgan fingerprint density at radius 2 is 1.53 bits per heavy atom. The normalized spacial score (nSPS) is 10.0. The van der Waals surface area contributed by atoms with Crippen molar-refractivity contribution >= 4 is 11.8 Å². The molecule has 2 N–H and O–H groups in total. The molecule has 0 rings (SSSR count). The van der Waals surface area contributed by atoms with Gasteiger partial charge in [0.05, 0.1) is 0 Å². The lowest BCUT2D eigenvalue weighted by molar-refractivity contribution is -0.121. The first-order chi connectivity index (χ1) is 8.16. The van der Waals surface area contributed by atoms with Crippen LogP contribution in [0.3, 0.4) is 0 Å². The predicted octanol–water partition coefficient (Wildman–Crippen LogP) is 1.99. The number of carbonyl (C=O) groups is 2. The molecular weight excluding hydrogens is 216 g/mol. The molecule has 0 bridgehead atoms. The lowest BCUT2D eigenvalue weighted by Gasteiger charge is -2.05. The molecule has 0 atom stereocenters. The molecule has 2 amide bonds. The summed E-state index contributed by atoms with van der Waals surface area (Å²) >= 11 is 0. The maximum Gasteiger partial charge on any atom is 0.219 e. The van der Waals surface area contributed by atoms with Gasteiger partial charge in [-0.3, -0.25) is 9.59 Å². The zero-order valence-corrected chi connectivity index (χ0v) is 11.2. The van der Waals surface area contributed by atoms with E-state index >= 15 is 0 Å². The van der Waals surface area contributed by atoms with Crippen LogP contribution in [0.5, 0.6) is 0 Å². The molecule has 0 radical (unpaired) electrons. The number of carbonyl (C=O) groups excluding carboxylic acids is 2. The van der Waals surface area contributed by atoms with Crippen LogP contribution >= 0.6 is 0 Å². The van der Waals surface area contributed by atoms with Gasteiger partial charge in [-0.2, -0.15) is 0 Å². The molecule has 0 spiro atoms. The topological polar surface area (TPSA) is 58.2 Å². The molecule has 0 saturated carbocycles. The summed E-state index contributed by atoms with van der Waals surface area (Å²) in [6.45, 7) is 5.19. The average Bonchev–Trinajstić information content (AvgIpc) is 2.29. The summed E-state index contributed by atoms with van der Waals surface area (Å²) in [6, 6.07) is 0. The first kappa shape index (κ1) is 15.9. The Hall–Kier alpha value is -1.06. The molecule has 0 aliphatic rings. The van der Waals surface area contributed by atoms with Crippen LogP contribution < -0.4 is 10.6 Å². The Labute approximate surface area is 105 Å². The van der Waals surface area contributed by atoms with Crippen molar-refractivity contribution in [2.24, 2.45) is 0 Å². The minimum absolute atomic E-state index is 0.0127. The minimum Gasteiger partial charge on any atom is -0.356 e. The molecule has 17 heavy (non-hydrogen) atoms. The van der Waals surface area contributed by atoms with Crippen molar-refractivity contribution in [3.8, 4) is 0 Å². The molecule has 0 aliphatic heterocycles. The van der Waals surface area contributed by atoms with Crippen molar-refractivity contribution in [3.05, 3.63) is 0 Å². The van der Waals surface area contributed by atoms with Crippen LogP contribution in [0.4, 0.5) is 0 Å². The van der Waals surface area contributed by atoms with E-state index in [1.165, 1.54) is 19.8 Å². The number of amides is 2. The Kier molecular flexibility index (Phi) is 10.7. The number of nitrogens with one attached hydrogen (secondary N) is 2. The highest BCUT2D eigenvalue weighted by Gasteiger charge is 2.00. The second kappa shape index (κ2) is 11.4. The Balaban J connectivity index is 3.19. The molecule has 0 heterocycles. The maximum absolute atomic E-state index is 11.4. The minimum atomic E-state index is 0.0127. The van der Waals surface area contributed by atoms with E-state index in [-0.39, 0.29) is 11.8 Å². The molecule has 4 heteroatoms. The van der Waals surface area contributed by atoms with Crippen molar-refractivity contribution in [1.29, 1.82) is 0 Å². The standard InChI is InChI=1S/C13H26N2O2/c1-3-4-7-11-15-13(17)9-6-5-8-10-14-12(2)16/h3-11H2,1-2H3,(H,14,16)(H,15,17). The summed E-state index contributed by atoms with van der Waals surface area (Å²) in [5.74, 6) is 0.166. The van der Waals surface area contributed by atoms with E-state index < -0.39 is 0 Å². The number of unbranched alkanes of at least 4 members (excludes halogenated alkanes) is 4. The van der Waals surface area contributed by atoms with Gasteiger partial charge in [-0.25, -0.2) is 0 Å². The van der Waals surface area contributed by atoms with Crippen LogP contribution in [0.2, 0.25) is 0 Å². The van der Waals surface area contributed by atoms with E-state index in [2.05, 4.69) is 17.6 Å². The van der Waals surface area contributed by atoms with E-state index in [0.717, 1.165) is 32.2 Å². The third kappa shape index (κ3) is 12.9. The predicted molar refractivity (Wildman–Crippen MR) is 69.7 cm³/mol. The molecule has 0 saturated heterocycles. The van der Waals surface area contributed by atoms with Crippen LogP contribution in [0, 0.1) is 0 Å². The summed E-state index contributed by atoms with van der Waals surface area (Å²) in [5.41, 5.74) is 0. The van der Waals surface area contributed by atoms with Crippen LogP contribution in [-0.4, -0.2) is 24.9 Å². The van der Waals surface area contributed by atoms with Gasteiger partial charge in [0.2, 0.25) is 11.8 Å². The molecule has 4 nitrogen and oxygen atoms in total. The van der Waals surface area contributed by atoms with E-state index in [1.807, 2.05) is 0 Å². The third-order valence-electron chi connectivity index (χ3n) is 2.56. The van der Waals surface area contributed by atoms with E-state index in [0.29, 0.717) is 13.0 Å².